The molecule has 7 atom stereocenters. The Balaban J connectivity index is 1.53. The summed E-state index contributed by atoms with van der Waals surface area (Å²) in [5.41, 5.74) is 1.42. The van der Waals surface area contributed by atoms with Crippen molar-refractivity contribution in [3.63, 3.8) is 0 Å². The number of aliphatic hydroxyl groups is 5. The molecule has 0 saturated heterocycles. The number of esters is 2. The van der Waals surface area contributed by atoms with Crippen LogP contribution >= 0.6 is 0 Å². The molecule has 0 saturated carbocycles. The molecule has 5 N–H and O–H groups in total. The molecule has 0 spiro atoms. The minimum Gasteiger partial charge on any atom is -0.462 e. The lowest BCUT2D eigenvalue weighted by Gasteiger charge is -2.27. The van der Waals surface area contributed by atoms with Gasteiger partial charge in [-0.05, 0) is 43.7 Å². The molecule has 0 bridgehead atoms. The number of carbonyl (C=O) groups excluding carboxylic acids is 2. The van der Waals surface area contributed by atoms with Crippen molar-refractivity contribution in [3.8, 4) is 0 Å². The first-order chi connectivity index (χ1) is 21.1. The molecule has 1 aliphatic heterocycles. The van der Waals surface area contributed by atoms with Gasteiger partial charge in [0.05, 0.1) is 24.4 Å². The molecule has 1 aromatic rings. The van der Waals surface area contributed by atoms with Crippen molar-refractivity contribution in [2.45, 2.75) is 159 Å². The molecule has 0 amide bonds. The van der Waals surface area contributed by atoms with Gasteiger partial charge in [-0.2, -0.15) is 0 Å². The standard InChI is InChI=1S/C35H56O9/c1-26(36)43-32(24-30(39)21-29(38)22-31(40)25-34-33(41)19-20-35(42)44-34)23-28(37)18-14-9-7-5-3-2-4-6-8-11-15-27-16-12-10-13-17-27/h10,12-13,16-17,19-20,28-34,37-41H,2-9,11,14-15,18,21-25H2,1H3. The molecule has 0 aliphatic carbocycles. The lowest BCUT2D eigenvalue weighted by Crippen LogP contribution is -2.37. The summed E-state index contributed by atoms with van der Waals surface area (Å²) >= 11 is 0. The monoisotopic (exact) mass is 620 g/mol. The third kappa shape index (κ3) is 17.9. The maximum atomic E-state index is 11.6. The summed E-state index contributed by atoms with van der Waals surface area (Å²) in [5, 5.41) is 51.6. The Bertz CT molecular complexity index is 937. The fourth-order valence-electron chi connectivity index (χ4n) is 5.85. The molecular formula is C35H56O9. The van der Waals surface area contributed by atoms with Gasteiger partial charge < -0.3 is 35.0 Å². The quantitative estimate of drug-likeness (QED) is 0.0818. The fraction of sp³-hybridized carbons (Fsp3) is 0.714. The Morgan fingerprint density at radius 3 is 1.95 bits per heavy atom. The maximum Gasteiger partial charge on any atom is 0.330 e. The zero-order chi connectivity index (χ0) is 32.2. The summed E-state index contributed by atoms with van der Waals surface area (Å²) in [6.07, 6.45) is 9.69. The maximum absolute atomic E-state index is 11.6. The van der Waals surface area contributed by atoms with Crippen molar-refractivity contribution in [2.24, 2.45) is 0 Å². The Hall–Kier alpha value is -2.30. The molecule has 0 fully saturated rings. The normalized spacial score (nSPS) is 20.0. The summed E-state index contributed by atoms with van der Waals surface area (Å²) in [7, 11) is 0. The van der Waals surface area contributed by atoms with Crippen molar-refractivity contribution in [1.82, 2.24) is 0 Å². The van der Waals surface area contributed by atoms with E-state index in [1.165, 1.54) is 63.5 Å². The number of ether oxygens (including phenoxy) is 2. The van der Waals surface area contributed by atoms with Crippen LogP contribution in [0.5, 0.6) is 0 Å². The van der Waals surface area contributed by atoms with Crippen LogP contribution in [0, 0.1) is 0 Å². The van der Waals surface area contributed by atoms with Gasteiger partial charge in [0.15, 0.2) is 0 Å². The number of aliphatic hydroxyl groups excluding tert-OH is 5. The van der Waals surface area contributed by atoms with Crippen LogP contribution < -0.4 is 0 Å². The van der Waals surface area contributed by atoms with E-state index in [9.17, 15) is 35.1 Å². The van der Waals surface area contributed by atoms with Gasteiger partial charge in [0.25, 0.3) is 0 Å². The SMILES string of the molecule is CC(=O)OC(CC(O)CCCCCCCCCCCCc1ccccc1)CC(O)CC(O)CC(O)CC1OC(=O)C=CC1O. The van der Waals surface area contributed by atoms with Crippen LogP contribution in [-0.2, 0) is 25.5 Å². The van der Waals surface area contributed by atoms with Crippen LogP contribution in [0.3, 0.4) is 0 Å². The lowest BCUT2D eigenvalue weighted by molar-refractivity contribution is -0.152. The number of rotatable bonds is 24. The van der Waals surface area contributed by atoms with E-state index in [1.807, 2.05) is 0 Å². The molecule has 7 unspecified atom stereocenters. The Kier molecular flexibility index (Phi) is 19.2. The van der Waals surface area contributed by atoms with E-state index in [0.717, 1.165) is 31.8 Å². The topological polar surface area (TPSA) is 154 Å². The van der Waals surface area contributed by atoms with E-state index in [-0.39, 0.29) is 32.1 Å². The van der Waals surface area contributed by atoms with Gasteiger partial charge in [-0.1, -0.05) is 88.1 Å². The van der Waals surface area contributed by atoms with Crippen LogP contribution in [0.1, 0.15) is 115 Å². The van der Waals surface area contributed by atoms with Gasteiger partial charge in [0.2, 0.25) is 0 Å². The van der Waals surface area contributed by atoms with Crippen LogP contribution in [0.15, 0.2) is 42.5 Å². The summed E-state index contributed by atoms with van der Waals surface area (Å²) in [5.74, 6) is -1.11. The first kappa shape index (κ1) is 37.9. The second-order valence-electron chi connectivity index (χ2n) is 12.4. The predicted octanol–water partition coefficient (Wildman–Crippen LogP) is 4.69. The summed E-state index contributed by atoms with van der Waals surface area (Å²) < 4.78 is 10.3. The molecule has 0 radical (unpaired) electrons. The third-order valence-corrected chi connectivity index (χ3v) is 8.17. The van der Waals surface area contributed by atoms with Crippen LogP contribution in [0.25, 0.3) is 0 Å². The van der Waals surface area contributed by atoms with Crippen molar-refractivity contribution in [2.75, 3.05) is 0 Å². The Labute approximate surface area is 263 Å². The van der Waals surface area contributed by atoms with Crippen molar-refractivity contribution in [3.05, 3.63) is 48.0 Å². The molecule has 1 aromatic carbocycles. The van der Waals surface area contributed by atoms with Crippen LogP contribution in [-0.4, -0.2) is 80.2 Å². The molecule has 9 heteroatoms. The lowest BCUT2D eigenvalue weighted by atomic mass is 9.95. The molecule has 9 nitrogen and oxygen atoms in total. The molecule has 2 rings (SSSR count). The molecular weight excluding hydrogens is 564 g/mol. The summed E-state index contributed by atoms with van der Waals surface area (Å²) in [6.45, 7) is 1.28. The number of hydrogen-bond donors (Lipinski definition) is 5. The molecule has 250 valence electrons. The second kappa shape index (κ2) is 22.2. The van der Waals surface area contributed by atoms with Gasteiger partial charge in [-0.3, -0.25) is 4.79 Å². The van der Waals surface area contributed by atoms with Crippen molar-refractivity contribution in [1.29, 1.82) is 0 Å². The molecule has 1 aliphatic rings. The van der Waals surface area contributed by atoms with E-state index < -0.39 is 54.7 Å². The van der Waals surface area contributed by atoms with Gasteiger partial charge in [0, 0.05) is 32.3 Å². The van der Waals surface area contributed by atoms with E-state index in [0.29, 0.717) is 6.42 Å². The average molecular weight is 621 g/mol. The first-order valence-corrected chi connectivity index (χ1v) is 16.6. The van der Waals surface area contributed by atoms with Gasteiger partial charge in [-0.25, -0.2) is 4.79 Å². The number of carbonyl (C=O) groups is 2. The molecule has 44 heavy (non-hydrogen) atoms. The number of unbranched alkanes of at least 4 members (excludes halogenated alkanes) is 9. The van der Waals surface area contributed by atoms with Crippen LogP contribution in [0.2, 0.25) is 0 Å². The van der Waals surface area contributed by atoms with Gasteiger partial charge >= 0.3 is 11.9 Å². The van der Waals surface area contributed by atoms with E-state index in [2.05, 4.69) is 30.3 Å². The first-order valence-electron chi connectivity index (χ1n) is 16.6. The smallest absolute Gasteiger partial charge is 0.330 e. The molecule has 0 aromatic heterocycles. The number of hydrogen-bond acceptors (Lipinski definition) is 9. The summed E-state index contributed by atoms with van der Waals surface area (Å²) in [4.78, 5) is 23.0. The predicted molar refractivity (Wildman–Crippen MR) is 169 cm³/mol. The van der Waals surface area contributed by atoms with Crippen molar-refractivity contribution < 1.29 is 44.6 Å². The average Bonchev–Trinajstić information content (AvgIpc) is 2.95. The van der Waals surface area contributed by atoms with Gasteiger partial charge in [-0.15, -0.1) is 0 Å². The third-order valence-electron chi connectivity index (χ3n) is 8.17. The van der Waals surface area contributed by atoms with E-state index in [4.69, 9.17) is 9.47 Å². The zero-order valence-electron chi connectivity index (χ0n) is 26.5. The number of aryl methyl sites for hydroxylation is 1. The fourth-order valence-corrected chi connectivity index (χ4v) is 5.85. The number of cyclic esters (lactones) is 1. The van der Waals surface area contributed by atoms with E-state index >= 15 is 0 Å². The Morgan fingerprint density at radius 2 is 1.32 bits per heavy atom. The summed E-state index contributed by atoms with van der Waals surface area (Å²) in [6, 6.07) is 10.6. The molecule has 1 heterocycles. The highest BCUT2D eigenvalue weighted by atomic mass is 16.6. The highest BCUT2D eigenvalue weighted by Crippen LogP contribution is 2.21. The second-order valence-corrected chi connectivity index (χ2v) is 12.4. The van der Waals surface area contributed by atoms with Gasteiger partial charge in [0.1, 0.15) is 18.3 Å². The van der Waals surface area contributed by atoms with Crippen molar-refractivity contribution >= 4 is 11.9 Å². The highest BCUT2D eigenvalue weighted by Gasteiger charge is 2.29. The van der Waals surface area contributed by atoms with E-state index in [1.54, 1.807) is 0 Å². The Morgan fingerprint density at radius 1 is 0.773 bits per heavy atom. The minimum atomic E-state index is -1.06. The van der Waals surface area contributed by atoms with Crippen LogP contribution in [0.4, 0.5) is 0 Å². The minimum absolute atomic E-state index is 0.0533. The zero-order valence-corrected chi connectivity index (χ0v) is 26.5. The number of benzene rings is 1. The largest absolute Gasteiger partial charge is 0.462 e. The highest BCUT2D eigenvalue weighted by molar-refractivity contribution is 5.83.